The molecule has 0 rings (SSSR count). The molecule has 0 aromatic carbocycles. The van der Waals surface area contributed by atoms with E-state index in [1.54, 1.807) is 0 Å². The summed E-state index contributed by atoms with van der Waals surface area (Å²) in [6.07, 6.45) is 67.0. The fraction of sp³-hybridized carbons (Fsp3) is 0.852. The molecular weight excluding hydrogens is 829 g/mol. The van der Waals surface area contributed by atoms with Gasteiger partial charge in [-0.25, -0.2) is 0 Å². The van der Waals surface area contributed by atoms with Gasteiger partial charge in [0.15, 0.2) is 6.10 Å². The predicted octanol–water partition coefficient (Wildman–Crippen LogP) is 19.7. The van der Waals surface area contributed by atoms with Crippen molar-refractivity contribution in [2.45, 2.75) is 322 Å². The van der Waals surface area contributed by atoms with E-state index in [9.17, 15) is 14.4 Å². The van der Waals surface area contributed by atoms with Gasteiger partial charge < -0.3 is 14.2 Å². The lowest BCUT2D eigenvalue weighted by Crippen LogP contribution is -2.30. The lowest BCUT2D eigenvalue weighted by atomic mass is 10.0. The normalized spacial score (nSPS) is 12.2. The molecule has 392 valence electrons. The predicted molar refractivity (Wildman–Crippen MR) is 289 cm³/mol. The van der Waals surface area contributed by atoms with Crippen LogP contribution < -0.4 is 0 Å². The van der Waals surface area contributed by atoms with E-state index in [4.69, 9.17) is 14.2 Å². The first-order chi connectivity index (χ1) is 33.0. The van der Waals surface area contributed by atoms with E-state index < -0.39 is 6.10 Å². The molecule has 0 aromatic heterocycles. The number of rotatable bonds is 54. The third-order valence-corrected chi connectivity index (χ3v) is 13.1. The highest BCUT2D eigenvalue weighted by molar-refractivity contribution is 5.71. The van der Waals surface area contributed by atoms with Gasteiger partial charge in [-0.15, -0.1) is 0 Å². The summed E-state index contributed by atoms with van der Waals surface area (Å²) in [5.41, 5.74) is 0. The summed E-state index contributed by atoms with van der Waals surface area (Å²) >= 11 is 0. The molecule has 0 aliphatic carbocycles. The first kappa shape index (κ1) is 64.6. The Kier molecular flexibility index (Phi) is 54.2. The van der Waals surface area contributed by atoms with Crippen molar-refractivity contribution in [3.05, 3.63) is 36.5 Å². The molecule has 1 atom stereocenters. The Hall–Kier alpha value is -2.37. The SMILES string of the molecule is CCCCC/C=C\C/C=C\CCCCCCCCCCCC(=O)OC[C@H](COC(=O)CCCCCCCCCCCCCCCCC)OC(=O)CCCCCCC/C=C\CCCCCCCC. The van der Waals surface area contributed by atoms with Crippen molar-refractivity contribution >= 4 is 17.9 Å². The van der Waals surface area contributed by atoms with Crippen LogP contribution in [-0.2, 0) is 28.6 Å². The van der Waals surface area contributed by atoms with Gasteiger partial charge in [-0.2, -0.15) is 0 Å². The van der Waals surface area contributed by atoms with Crippen molar-refractivity contribution in [3.8, 4) is 0 Å². The Morgan fingerprint density at radius 3 is 0.866 bits per heavy atom. The molecular formula is C61H112O6. The second-order valence-electron chi connectivity index (χ2n) is 19.9. The van der Waals surface area contributed by atoms with E-state index in [0.717, 1.165) is 70.6 Å². The van der Waals surface area contributed by atoms with E-state index in [1.807, 2.05) is 0 Å². The van der Waals surface area contributed by atoms with Crippen LogP contribution in [0.5, 0.6) is 0 Å². The van der Waals surface area contributed by atoms with Crippen LogP contribution in [0.2, 0.25) is 0 Å². The van der Waals surface area contributed by atoms with Crippen LogP contribution in [-0.4, -0.2) is 37.2 Å². The van der Waals surface area contributed by atoms with Crippen LogP contribution in [0.4, 0.5) is 0 Å². The molecule has 0 aliphatic rings. The summed E-state index contributed by atoms with van der Waals surface area (Å²) in [7, 11) is 0. The largest absolute Gasteiger partial charge is 0.462 e. The van der Waals surface area contributed by atoms with E-state index in [1.165, 1.54) is 205 Å². The number of hydrogen-bond donors (Lipinski definition) is 0. The van der Waals surface area contributed by atoms with Gasteiger partial charge >= 0.3 is 17.9 Å². The third kappa shape index (κ3) is 54.4. The van der Waals surface area contributed by atoms with Gasteiger partial charge in [-0.1, -0.05) is 256 Å². The zero-order valence-corrected chi connectivity index (χ0v) is 44.9. The maximum Gasteiger partial charge on any atom is 0.306 e. The minimum atomic E-state index is -0.775. The van der Waals surface area contributed by atoms with E-state index in [2.05, 4.69) is 57.2 Å². The average molecular weight is 942 g/mol. The number of unbranched alkanes of at least 4 members (excludes halogenated alkanes) is 37. The van der Waals surface area contributed by atoms with Crippen molar-refractivity contribution in [3.63, 3.8) is 0 Å². The third-order valence-electron chi connectivity index (χ3n) is 13.1. The van der Waals surface area contributed by atoms with Gasteiger partial charge in [0.2, 0.25) is 0 Å². The molecule has 0 bridgehead atoms. The smallest absolute Gasteiger partial charge is 0.306 e. The second kappa shape index (κ2) is 56.2. The molecule has 0 spiro atoms. The molecule has 0 aromatic rings. The van der Waals surface area contributed by atoms with E-state index >= 15 is 0 Å². The van der Waals surface area contributed by atoms with Crippen LogP contribution >= 0.6 is 0 Å². The minimum Gasteiger partial charge on any atom is -0.462 e. The van der Waals surface area contributed by atoms with Gasteiger partial charge in [-0.3, -0.25) is 14.4 Å². The number of ether oxygens (including phenoxy) is 3. The molecule has 0 fully saturated rings. The van der Waals surface area contributed by atoms with Crippen LogP contribution in [0.1, 0.15) is 316 Å². The van der Waals surface area contributed by atoms with Crippen LogP contribution in [0.15, 0.2) is 36.5 Å². The zero-order valence-electron chi connectivity index (χ0n) is 44.9. The van der Waals surface area contributed by atoms with Crippen LogP contribution in [0.25, 0.3) is 0 Å². The monoisotopic (exact) mass is 941 g/mol. The van der Waals surface area contributed by atoms with Gasteiger partial charge in [0, 0.05) is 19.3 Å². The Morgan fingerprint density at radius 1 is 0.299 bits per heavy atom. The molecule has 0 aliphatic heterocycles. The maximum absolute atomic E-state index is 12.8. The summed E-state index contributed by atoms with van der Waals surface area (Å²) in [5, 5.41) is 0. The summed E-state index contributed by atoms with van der Waals surface area (Å²) < 4.78 is 16.9. The Labute approximate surface area is 416 Å². The van der Waals surface area contributed by atoms with Gasteiger partial charge in [0.05, 0.1) is 0 Å². The average Bonchev–Trinajstić information content (AvgIpc) is 3.33. The van der Waals surface area contributed by atoms with Crippen LogP contribution in [0.3, 0.4) is 0 Å². The molecule has 67 heavy (non-hydrogen) atoms. The highest BCUT2D eigenvalue weighted by Gasteiger charge is 2.19. The minimum absolute atomic E-state index is 0.0729. The first-order valence-electron chi connectivity index (χ1n) is 29.5. The van der Waals surface area contributed by atoms with Crippen LogP contribution in [0, 0.1) is 0 Å². The molecule has 0 N–H and O–H groups in total. The fourth-order valence-electron chi connectivity index (χ4n) is 8.65. The Morgan fingerprint density at radius 2 is 0.537 bits per heavy atom. The number of carbonyl (C=O) groups is 3. The van der Waals surface area contributed by atoms with Gasteiger partial charge in [-0.05, 0) is 77.0 Å². The van der Waals surface area contributed by atoms with Crippen molar-refractivity contribution in [2.24, 2.45) is 0 Å². The molecule has 0 unspecified atom stereocenters. The molecule has 6 nitrogen and oxygen atoms in total. The number of hydrogen-bond acceptors (Lipinski definition) is 6. The molecule has 6 heteroatoms. The Balaban J connectivity index is 4.34. The molecule has 0 saturated heterocycles. The van der Waals surface area contributed by atoms with Crippen molar-refractivity contribution < 1.29 is 28.6 Å². The summed E-state index contributed by atoms with van der Waals surface area (Å²) in [6.45, 7) is 6.64. The lowest BCUT2D eigenvalue weighted by Gasteiger charge is -2.18. The molecule has 0 heterocycles. The second-order valence-corrected chi connectivity index (χ2v) is 19.9. The maximum atomic E-state index is 12.8. The summed E-state index contributed by atoms with van der Waals surface area (Å²) in [6, 6.07) is 0. The van der Waals surface area contributed by atoms with Gasteiger partial charge in [0.1, 0.15) is 13.2 Å². The highest BCUT2D eigenvalue weighted by Crippen LogP contribution is 2.16. The topological polar surface area (TPSA) is 78.9 Å². The molecule has 0 saturated carbocycles. The van der Waals surface area contributed by atoms with E-state index in [0.29, 0.717) is 19.3 Å². The Bertz CT molecular complexity index is 1130. The van der Waals surface area contributed by atoms with Crippen molar-refractivity contribution in [2.75, 3.05) is 13.2 Å². The number of carbonyl (C=O) groups excluding carboxylic acids is 3. The quantitative estimate of drug-likeness (QED) is 0.0262. The van der Waals surface area contributed by atoms with E-state index in [-0.39, 0.29) is 31.1 Å². The van der Waals surface area contributed by atoms with Gasteiger partial charge in [0.25, 0.3) is 0 Å². The fourth-order valence-corrected chi connectivity index (χ4v) is 8.65. The molecule has 0 amide bonds. The molecule has 0 radical (unpaired) electrons. The zero-order chi connectivity index (χ0) is 48.6. The van der Waals surface area contributed by atoms with Crippen molar-refractivity contribution in [1.82, 2.24) is 0 Å². The summed E-state index contributed by atoms with van der Waals surface area (Å²) in [4.78, 5) is 38.2. The summed E-state index contributed by atoms with van der Waals surface area (Å²) in [5.74, 6) is -0.867. The number of allylic oxidation sites excluding steroid dienone is 6. The standard InChI is InChI=1S/C61H112O6/c1-4-7-10-13-16-19-22-25-28-29-30-31-34-36-39-42-45-48-51-54-60(63)66-57-58(67-61(64)55-52-49-46-43-40-37-33-27-24-21-18-15-12-9-6-3)56-65-59(62)53-50-47-44-41-38-35-32-26-23-20-17-14-11-8-5-2/h16,19,25,27-28,33,58H,4-15,17-18,20-24,26,29-32,34-57H2,1-3H3/b19-16-,28-25-,33-27-/t58-/m0/s1. The lowest BCUT2D eigenvalue weighted by molar-refractivity contribution is -0.167. The highest BCUT2D eigenvalue weighted by atomic mass is 16.6. The van der Waals surface area contributed by atoms with Crippen molar-refractivity contribution in [1.29, 1.82) is 0 Å². The number of esters is 3. The first-order valence-corrected chi connectivity index (χ1v) is 29.5.